The Labute approximate surface area is 185 Å². The van der Waals surface area contributed by atoms with Crippen molar-refractivity contribution < 1.29 is 34.2 Å². The van der Waals surface area contributed by atoms with E-state index in [2.05, 4.69) is 5.32 Å². The summed E-state index contributed by atoms with van der Waals surface area (Å²) in [5.74, 6) is -0.776. The second kappa shape index (κ2) is 12.2. The van der Waals surface area contributed by atoms with Gasteiger partial charge in [-0.25, -0.2) is 10.3 Å². The van der Waals surface area contributed by atoms with E-state index in [9.17, 15) is 14.4 Å². The number of hydrogen-bond acceptors (Lipinski definition) is 7. The second-order valence-electron chi connectivity index (χ2n) is 6.92. The lowest BCUT2D eigenvalue weighted by Gasteiger charge is -2.23. The number of carbonyl (C=O) groups is 3. The minimum atomic E-state index is -0.799. The van der Waals surface area contributed by atoms with Crippen LogP contribution in [0.4, 0.5) is 10.5 Å². The van der Waals surface area contributed by atoms with Crippen LogP contribution in [-0.4, -0.2) is 41.3 Å². The molecule has 0 spiro atoms. The van der Waals surface area contributed by atoms with Crippen LogP contribution in [0, 0.1) is 5.92 Å². The average molecular weight is 442 g/mol. The Hall–Kier alpha value is -3.69. The van der Waals surface area contributed by atoms with Gasteiger partial charge >= 0.3 is 6.09 Å². The first-order chi connectivity index (χ1) is 15.3. The van der Waals surface area contributed by atoms with Crippen LogP contribution in [0.2, 0.25) is 0 Å². The molecule has 2 amide bonds. The lowest BCUT2D eigenvalue weighted by atomic mass is 9.96. The molecule has 2 rings (SSSR count). The summed E-state index contributed by atoms with van der Waals surface area (Å²) in [6.45, 7) is 3.15. The van der Waals surface area contributed by atoms with Crippen molar-refractivity contribution in [1.29, 1.82) is 0 Å². The average Bonchev–Trinajstić information content (AvgIpc) is 2.79. The van der Waals surface area contributed by atoms with E-state index in [0.717, 1.165) is 6.08 Å². The van der Waals surface area contributed by atoms with E-state index >= 15 is 0 Å². The first-order valence-corrected chi connectivity index (χ1v) is 9.88. The molecule has 0 aliphatic rings. The van der Waals surface area contributed by atoms with Crippen molar-refractivity contribution in [3.05, 3.63) is 71.8 Å². The van der Waals surface area contributed by atoms with Gasteiger partial charge in [-0.15, -0.1) is 0 Å². The molecule has 0 aliphatic heterocycles. The highest BCUT2D eigenvalue weighted by molar-refractivity contribution is 5.95. The van der Waals surface area contributed by atoms with E-state index in [1.807, 2.05) is 0 Å². The summed E-state index contributed by atoms with van der Waals surface area (Å²) in [5.41, 5.74) is 3.07. The number of carbonyl (C=O) groups excluding carboxylic acids is 3. The molecule has 170 valence electrons. The van der Waals surface area contributed by atoms with Gasteiger partial charge in [0.1, 0.15) is 18.5 Å². The van der Waals surface area contributed by atoms with E-state index < -0.39 is 24.0 Å². The monoisotopic (exact) mass is 442 g/mol. The molecule has 0 saturated heterocycles. The van der Waals surface area contributed by atoms with Crippen molar-refractivity contribution >= 4 is 23.5 Å². The molecule has 0 radical (unpaired) electrons. The summed E-state index contributed by atoms with van der Waals surface area (Å²) >= 11 is 0. The molecule has 4 N–H and O–H groups in total. The van der Waals surface area contributed by atoms with E-state index in [-0.39, 0.29) is 19.0 Å². The number of anilines is 1. The van der Waals surface area contributed by atoms with Crippen LogP contribution in [0.5, 0.6) is 5.75 Å². The Morgan fingerprint density at radius 3 is 2.47 bits per heavy atom. The van der Waals surface area contributed by atoms with Crippen LogP contribution in [0.15, 0.2) is 60.7 Å². The van der Waals surface area contributed by atoms with Gasteiger partial charge in [-0.05, 0) is 48.9 Å². The molecule has 0 saturated carbocycles. The highest BCUT2D eigenvalue weighted by Crippen LogP contribution is 2.30. The molecule has 9 heteroatoms. The van der Waals surface area contributed by atoms with Gasteiger partial charge in [-0.3, -0.25) is 20.1 Å². The maximum Gasteiger partial charge on any atom is 0.412 e. The fourth-order valence-corrected chi connectivity index (χ4v) is 2.85. The number of nitrogens with one attached hydrogen (secondary N) is 2. The number of aliphatic hydroxyl groups is 1. The molecule has 9 nitrogen and oxygen atoms in total. The van der Waals surface area contributed by atoms with Crippen LogP contribution < -0.4 is 15.5 Å². The van der Waals surface area contributed by atoms with Gasteiger partial charge in [0.15, 0.2) is 5.78 Å². The summed E-state index contributed by atoms with van der Waals surface area (Å²) in [7, 11) is 0. The molecule has 0 unspecified atom stereocenters. The molecular formula is C23H26N2O7. The number of hydroxylamine groups is 1. The first-order valence-electron chi connectivity index (χ1n) is 9.88. The first kappa shape index (κ1) is 24.6. The zero-order valence-corrected chi connectivity index (χ0v) is 17.8. The minimum Gasteiger partial charge on any atom is -0.491 e. The number of benzene rings is 2. The van der Waals surface area contributed by atoms with Crippen LogP contribution in [-0.2, 0) is 9.53 Å². The predicted octanol–water partition coefficient (Wildman–Crippen LogP) is 3.25. The summed E-state index contributed by atoms with van der Waals surface area (Å²) in [4.78, 5) is 35.3. The maximum absolute atomic E-state index is 12.6. The molecule has 0 aliphatic carbocycles. The third-order valence-electron chi connectivity index (χ3n) is 4.46. The van der Waals surface area contributed by atoms with E-state index in [0.29, 0.717) is 22.6 Å². The van der Waals surface area contributed by atoms with E-state index in [1.165, 1.54) is 18.5 Å². The molecule has 2 aromatic rings. The van der Waals surface area contributed by atoms with Crippen molar-refractivity contribution in [2.75, 3.05) is 18.5 Å². The number of ketones is 1. The second-order valence-corrected chi connectivity index (χ2v) is 6.92. The molecule has 0 heterocycles. The molecule has 2 aromatic carbocycles. The van der Waals surface area contributed by atoms with Gasteiger partial charge in [-0.1, -0.05) is 25.1 Å². The molecule has 0 bridgehead atoms. The zero-order valence-electron chi connectivity index (χ0n) is 17.8. The fraction of sp³-hybridized carbons (Fsp3) is 0.261. The highest BCUT2D eigenvalue weighted by atomic mass is 16.6. The SMILES string of the molecule is CC(=O)c1ccc(NC(=O)O[C@@H](c2cccc(OCCO)c2)[C@H](C)/C=C/C(=O)NO)cc1. The fourth-order valence-electron chi connectivity index (χ4n) is 2.85. The smallest absolute Gasteiger partial charge is 0.412 e. The number of Topliss-reactive ketones (excluding diaryl/α,β-unsaturated/α-hetero) is 1. The van der Waals surface area contributed by atoms with Crippen LogP contribution in [0.1, 0.15) is 35.9 Å². The Morgan fingerprint density at radius 2 is 1.84 bits per heavy atom. The molecule has 32 heavy (non-hydrogen) atoms. The lowest BCUT2D eigenvalue weighted by Crippen LogP contribution is -2.22. The normalized spacial score (nSPS) is 12.6. The third-order valence-corrected chi connectivity index (χ3v) is 4.46. The van der Waals surface area contributed by atoms with Crippen molar-refractivity contribution in [3.8, 4) is 5.75 Å². The minimum absolute atomic E-state index is 0.0879. The molecule has 2 atom stereocenters. The predicted molar refractivity (Wildman–Crippen MR) is 117 cm³/mol. The van der Waals surface area contributed by atoms with Crippen LogP contribution in [0.3, 0.4) is 0 Å². The summed E-state index contributed by atoms with van der Waals surface area (Å²) < 4.78 is 11.1. The van der Waals surface area contributed by atoms with E-state index in [4.69, 9.17) is 19.8 Å². The van der Waals surface area contributed by atoms with E-state index in [1.54, 1.807) is 55.5 Å². The molecule has 0 aromatic heterocycles. The van der Waals surface area contributed by atoms with Gasteiger partial charge in [0.25, 0.3) is 5.91 Å². The summed E-state index contributed by atoms with van der Waals surface area (Å²) in [6, 6.07) is 13.2. The van der Waals surface area contributed by atoms with Crippen LogP contribution in [0.25, 0.3) is 0 Å². The van der Waals surface area contributed by atoms with Crippen LogP contribution >= 0.6 is 0 Å². The quantitative estimate of drug-likeness (QED) is 0.192. The van der Waals surface area contributed by atoms with Crippen molar-refractivity contribution in [3.63, 3.8) is 0 Å². The van der Waals surface area contributed by atoms with Gasteiger partial charge in [-0.2, -0.15) is 0 Å². The molecule has 0 fully saturated rings. The Kier molecular flexibility index (Phi) is 9.40. The molecular weight excluding hydrogens is 416 g/mol. The maximum atomic E-state index is 12.6. The third kappa shape index (κ3) is 7.53. The summed E-state index contributed by atoms with van der Waals surface area (Å²) in [5, 5.41) is 20.2. The van der Waals surface area contributed by atoms with Gasteiger partial charge < -0.3 is 14.6 Å². The zero-order chi connectivity index (χ0) is 23.5. The number of ether oxygens (including phenoxy) is 2. The Balaban J connectivity index is 2.21. The topological polar surface area (TPSA) is 134 Å². The number of aliphatic hydroxyl groups excluding tert-OH is 1. The largest absolute Gasteiger partial charge is 0.491 e. The van der Waals surface area contributed by atoms with Gasteiger partial charge in [0, 0.05) is 23.2 Å². The number of amides is 2. The van der Waals surface area contributed by atoms with Crippen molar-refractivity contribution in [1.82, 2.24) is 5.48 Å². The standard InChI is InChI=1S/C23H26N2O7/c1-15(6-11-21(28)25-30)22(18-4-3-5-20(14-18)31-13-12-26)32-23(29)24-19-9-7-17(8-10-19)16(2)27/h3-11,14-15,22,26,30H,12-13H2,1-2H3,(H,24,29)(H,25,28)/b11-6+/t15-,22-/m1/s1. The van der Waals surface area contributed by atoms with Crippen molar-refractivity contribution in [2.45, 2.75) is 20.0 Å². The lowest BCUT2D eigenvalue weighted by molar-refractivity contribution is -0.124. The Morgan fingerprint density at radius 1 is 1.12 bits per heavy atom. The van der Waals surface area contributed by atoms with Gasteiger partial charge in [0.2, 0.25) is 0 Å². The summed E-state index contributed by atoms with van der Waals surface area (Å²) in [6.07, 6.45) is 1.09. The highest BCUT2D eigenvalue weighted by Gasteiger charge is 2.23. The van der Waals surface area contributed by atoms with Gasteiger partial charge in [0.05, 0.1) is 6.61 Å². The Bertz CT molecular complexity index is 957. The number of rotatable bonds is 10. The number of hydrogen-bond donors (Lipinski definition) is 4. The van der Waals surface area contributed by atoms with Crippen molar-refractivity contribution in [2.24, 2.45) is 5.92 Å².